The Bertz CT molecular complexity index is 599. The number of nitrogen functional groups attached to an aromatic ring is 1. The van der Waals surface area contributed by atoms with Crippen molar-refractivity contribution in [3.05, 3.63) is 23.8 Å². The number of nitrogens with one attached hydrogen (secondary N) is 3. The van der Waals surface area contributed by atoms with Gasteiger partial charge in [0, 0.05) is 6.42 Å². The fourth-order valence-electron chi connectivity index (χ4n) is 1.94. The largest absolute Gasteiger partial charge is 0.397 e. The van der Waals surface area contributed by atoms with Gasteiger partial charge in [-0.1, -0.05) is 6.07 Å². The fourth-order valence-corrected chi connectivity index (χ4v) is 1.94. The quantitative estimate of drug-likeness (QED) is 0.362. The molecule has 1 atom stereocenters. The third-order valence-electron chi connectivity index (χ3n) is 2.97. The zero-order valence-corrected chi connectivity index (χ0v) is 10.5. The van der Waals surface area contributed by atoms with E-state index in [9.17, 15) is 14.4 Å². The molecule has 1 aromatic rings. The highest BCUT2D eigenvalue weighted by Crippen LogP contribution is 2.26. The Labute approximate surface area is 114 Å². The van der Waals surface area contributed by atoms with Crippen molar-refractivity contribution < 1.29 is 14.4 Å². The van der Waals surface area contributed by atoms with Gasteiger partial charge in [0.25, 0.3) is 5.91 Å². The van der Waals surface area contributed by atoms with Gasteiger partial charge in [-0.2, -0.15) is 5.11 Å². The van der Waals surface area contributed by atoms with Gasteiger partial charge >= 0.3 is 0 Å². The van der Waals surface area contributed by atoms with Gasteiger partial charge in [-0.05, 0) is 18.6 Å². The van der Waals surface area contributed by atoms with E-state index < -0.39 is 17.9 Å². The molecule has 8 nitrogen and oxygen atoms in total. The predicted octanol–water partition coefficient (Wildman–Crippen LogP) is 0.466. The number of anilines is 1. The number of rotatable bonds is 3. The lowest BCUT2D eigenvalue weighted by Gasteiger charge is -2.22. The van der Waals surface area contributed by atoms with Gasteiger partial charge in [0.15, 0.2) is 0 Å². The Morgan fingerprint density at radius 3 is 2.85 bits per heavy atom. The van der Waals surface area contributed by atoms with Gasteiger partial charge in [0.2, 0.25) is 11.8 Å². The van der Waals surface area contributed by atoms with Crippen LogP contribution in [0.25, 0.3) is 0 Å². The first kappa shape index (κ1) is 13.7. The van der Waals surface area contributed by atoms with Crippen LogP contribution in [0.15, 0.2) is 23.3 Å². The number of para-hydroxylation sites is 1. The number of carbonyl (C=O) groups excluding carboxylic acids is 3. The summed E-state index contributed by atoms with van der Waals surface area (Å²) < 4.78 is 0. The van der Waals surface area contributed by atoms with Crippen molar-refractivity contribution in [3.63, 3.8) is 0 Å². The lowest BCUT2D eigenvalue weighted by molar-refractivity contribution is -0.134. The highest BCUT2D eigenvalue weighted by Gasteiger charge is 2.28. The molecule has 1 fully saturated rings. The number of hydrogen-bond acceptors (Lipinski definition) is 6. The third-order valence-corrected chi connectivity index (χ3v) is 2.97. The Hall–Kier alpha value is -2.77. The number of imide groups is 1. The molecule has 1 aliphatic rings. The number of piperidine rings is 1. The molecular weight excluding hydrogens is 262 g/mol. The molecule has 0 spiro atoms. The summed E-state index contributed by atoms with van der Waals surface area (Å²) in [5.74, 6) is -1.45. The fraction of sp³-hybridized carbons (Fsp3) is 0.250. The van der Waals surface area contributed by atoms with Crippen molar-refractivity contribution in [2.75, 3.05) is 5.73 Å². The van der Waals surface area contributed by atoms with Crippen molar-refractivity contribution >= 4 is 29.1 Å². The van der Waals surface area contributed by atoms with Gasteiger partial charge in [-0.25, -0.2) is 5.53 Å². The average Bonchev–Trinajstić information content (AvgIpc) is 2.41. The van der Waals surface area contributed by atoms with E-state index in [4.69, 9.17) is 11.3 Å². The van der Waals surface area contributed by atoms with Crippen LogP contribution in [0.3, 0.4) is 0 Å². The van der Waals surface area contributed by atoms with Crippen molar-refractivity contribution in [2.45, 2.75) is 18.9 Å². The Kier molecular flexibility index (Phi) is 3.74. The van der Waals surface area contributed by atoms with Crippen LogP contribution in [0.4, 0.5) is 11.4 Å². The second kappa shape index (κ2) is 5.47. The first-order valence-corrected chi connectivity index (χ1v) is 5.93. The minimum Gasteiger partial charge on any atom is -0.397 e. The number of nitrogens with zero attached hydrogens (tertiary/aromatic N) is 1. The van der Waals surface area contributed by atoms with Crippen LogP contribution in [0.5, 0.6) is 0 Å². The zero-order chi connectivity index (χ0) is 14.7. The molecule has 0 aliphatic carbocycles. The summed E-state index contributed by atoms with van der Waals surface area (Å²) in [5.41, 5.74) is 13.0. The lowest BCUT2D eigenvalue weighted by Crippen LogP contribution is -2.52. The van der Waals surface area contributed by atoms with Crippen LogP contribution in [0, 0.1) is 5.53 Å². The van der Waals surface area contributed by atoms with Crippen molar-refractivity contribution in [2.24, 2.45) is 5.11 Å². The maximum atomic E-state index is 12.1. The molecule has 3 amide bonds. The first-order chi connectivity index (χ1) is 9.52. The molecule has 0 radical (unpaired) electrons. The number of amides is 3. The number of carbonyl (C=O) groups is 3. The maximum absolute atomic E-state index is 12.1. The summed E-state index contributed by atoms with van der Waals surface area (Å²) >= 11 is 0. The summed E-state index contributed by atoms with van der Waals surface area (Å²) in [6.45, 7) is 0. The molecule has 1 unspecified atom stereocenters. The zero-order valence-electron chi connectivity index (χ0n) is 10.5. The molecule has 0 saturated carbocycles. The number of benzene rings is 1. The monoisotopic (exact) mass is 275 g/mol. The minimum absolute atomic E-state index is 0.0530. The normalized spacial score (nSPS) is 18.3. The van der Waals surface area contributed by atoms with Crippen LogP contribution < -0.4 is 16.4 Å². The summed E-state index contributed by atoms with van der Waals surface area (Å²) in [6, 6.07) is 3.77. The molecule has 1 saturated heterocycles. The lowest BCUT2D eigenvalue weighted by atomic mass is 10.0. The second-order valence-corrected chi connectivity index (χ2v) is 4.33. The SMILES string of the molecule is N=Nc1c(N)cccc1C(=O)NC1CCC(=O)NC1=O. The molecule has 2 rings (SSSR count). The van der Waals surface area contributed by atoms with Crippen LogP contribution in [-0.2, 0) is 9.59 Å². The van der Waals surface area contributed by atoms with E-state index in [1.165, 1.54) is 12.1 Å². The van der Waals surface area contributed by atoms with E-state index in [-0.39, 0.29) is 35.7 Å². The molecule has 0 bridgehead atoms. The predicted molar refractivity (Wildman–Crippen MR) is 69.3 cm³/mol. The summed E-state index contributed by atoms with van der Waals surface area (Å²) in [4.78, 5) is 34.7. The van der Waals surface area contributed by atoms with E-state index in [1.54, 1.807) is 6.07 Å². The Morgan fingerprint density at radius 2 is 2.20 bits per heavy atom. The Balaban J connectivity index is 2.17. The van der Waals surface area contributed by atoms with Gasteiger partial charge < -0.3 is 11.1 Å². The first-order valence-electron chi connectivity index (χ1n) is 5.93. The summed E-state index contributed by atoms with van der Waals surface area (Å²) in [7, 11) is 0. The standard InChI is InChI=1S/C12H13N5O3/c13-7-3-1-2-6(10(7)17-14)11(19)15-8-4-5-9(18)16-12(8)20/h1-3,8,14H,4-5,13H2,(H,15,19)(H,16,18,20). The summed E-state index contributed by atoms with van der Waals surface area (Å²) in [5, 5.41) is 7.88. The second-order valence-electron chi connectivity index (χ2n) is 4.33. The molecular formula is C12H13N5O3. The molecule has 1 heterocycles. The van der Waals surface area contributed by atoms with Gasteiger partial charge in [-0.3, -0.25) is 19.7 Å². The molecule has 1 aromatic carbocycles. The van der Waals surface area contributed by atoms with E-state index in [2.05, 4.69) is 15.7 Å². The van der Waals surface area contributed by atoms with Crippen molar-refractivity contribution in [3.8, 4) is 0 Å². The van der Waals surface area contributed by atoms with Gasteiger partial charge in [0.05, 0.1) is 11.3 Å². The van der Waals surface area contributed by atoms with Crippen LogP contribution in [0.2, 0.25) is 0 Å². The maximum Gasteiger partial charge on any atom is 0.254 e. The van der Waals surface area contributed by atoms with E-state index in [1.807, 2.05) is 0 Å². The summed E-state index contributed by atoms with van der Waals surface area (Å²) in [6.07, 6.45) is 0.412. The molecule has 8 heteroatoms. The third kappa shape index (κ3) is 2.63. The highest BCUT2D eigenvalue weighted by molar-refractivity contribution is 6.06. The van der Waals surface area contributed by atoms with Crippen molar-refractivity contribution in [1.29, 1.82) is 5.53 Å². The Morgan fingerprint density at radius 1 is 1.45 bits per heavy atom. The molecule has 0 aromatic heterocycles. The molecule has 1 aliphatic heterocycles. The minimum atomic E-state index is -0.778. The van der Waals surface area contributed by atoms with Crippen LogP contribution in [-0.4, -0.2) is 23.8 Å². The molecule has 5 N–H and O–H groups in total. The van der Waals surface area contributed by atoms with Crippen LogP contribution in [0.1, 0.15) is 23.2 Å². The van der Waals surface area contributed by atoms with Gasteiger partial charge in [0.1, 0.15) is 11.7 Å². The van der Waals surface area contributed by atoms with E-state index in [0.29, 0.717) is 0 Å². The molecule has 20 heavy (non-hydrogen) atoms. The van der Waals surface area contributed by atoms with Crippen molar-refractivity contribution in [1.82, 2.24) is 10.6 Å². The molecule has 104 valence electrons. The topological polar surface area (TPSA) is 138 Å². The van der Waals surface area contributed by atoms with Crippen LogP contribution >= 0.6 is 0 Å². The smallest absolute Gasteiger partial charge is 0.254 e. The highest BCUT2D eigenvalue weighted by atomic mass is 16.2. The van der Waals surface area contributed by atoms with Gasteiger partial charge in [-0.15, -0.1) is 0 Å². The van der Waals surface area contributed by atoms with E-state index in [0.717, 1.165) is 0 Å². The number of hydrogen-bond donors (Lipinski definition) is 4. The van der Waals surface area contributed by atoms with E-state index >= 15 is 0 Å². The average molecular weight is 275 g/mol. The number of nitrogens with two attached hydrogens (primary N) is 1.